The molecule has 0 fully saturated rings. The van der Waals surface area contributed by atoms with Crippen molar-refractivity contribution in [3.05, 3.63) is 94.2 Å². The highest BCUT2D eigenvalue weighted by Crippen LogP contribution is 2.35. The van der Waals surface area contributed by atoms with Crippen molar-refractivity contribution in [2.24, 2.45) is 4.99 Å². The van der Waals surface area contributed by atoms with E-state index < -0.39 is 11.6 Å². The van der Waals surface area contributed by atoms with Crippen LogP contribution < -0.4 is 4.90 Å². The van der Waals surface area contributed by atoms with Crippen LogP contribution in [-0.4, -0.2) is 5.71 Å². The second-order valence-electron chi connectivity index (χ2n) is 6.47. The van der Waals surface area contributed by atoms with Crippen molar-refractivity contribution in [1.29, 1.82) is 26.3 Å². The second-order valence-corrected chi connectivity index (χ2v) is 6.47. The van der Waals surface area contributed by atoms with Crippen molar-refractivity contribution in [3.63, 3.8) is 0 Å². The molecule has 0 aliphatic heterocycles. The molecule has 3 rings (SSSR count). The Morgan fingerprint density at radius 2 is 1.30 bits per heavy atom. The van der Waals surface area contributed by atoms with Gasteiger partial charge in [0, 0.05) is 5.57 Å². The Labute approximate surface area is 187 Å². The summed E-state index contributed by atoms with van der Waals surface area (Å²) in [5.74, 6) is -1.52. The number of rotatable bonds is 3. The lowest BCUT2D eigenvalue weighted by molar-refractivity contribution is 0.626. The summed E-state index contributed by atoms with van der Waals surface area (Å²) in [6.45, 7) is 0. The predicted molar refractivity (Wildman–Crippen MR) is 113 cm³/mol. The number of anilines is 2. The topological polar surface area (TPSA) is 135 Å². The van der Waals surface area contributed by atoms with E-state index in [0.29, 0.717) is 0 Å². The van der Waals surface area contributed by atoms with Crippen molar-refractivity contribution < 1.29 is 8.78 Å². The standard InChI is InChI=1S/C24H9F2N7/c25-19-3-15(10-27)5-21(8-19)33(22-6-16(11-28)4-20(26)9-22)24-7-17(18(12-29)13-30)1-2-23(24)32-14-31/h1-9H. The van der Waals surface area contributed by atoms with Gasteiger partial charge in [0.2, 0.25) is 6.19 Å². The smallest absolute Gasteiger partial charge is 0.206 e. The Balaban J connectivity index is 2.42. The number of nitrogens with zero attached hydrogens (tertiary/aromatic N) is 7. The minimum atomic E-state index is -0.762. The third-order valence-corrected chi connectivity index (χ3v) is 4.44. The average molecular weight is 433 g/mol. The van der Waals surface area contributed by atoms with Gasteiger partial charge in [-0.3, -0.25) is 0 Å². The molecule has 0 spiro atoms. The fourth-order valence-corrected chi connectivity index (χ4v) is 3.12. The molecule has 0 unspecified atom stereocenters. The van der Waals surface area contributed by atoms with Crippen molar-refractivity contribution in [2.75, 3.05) is 4.90 Å². The first kappa shape index (κ1) is 22.1. The van der Waals surface area contributed by atoms with Crippen LogP contribution in [0.25, 0.3) is 0 Å². The first-order chi connectivity index (χ1) is 15.9. The van der Waals surface area contributed by atoms with Crippen molar-refractivity contribution >= 4 is 17.1 Å². The molecule has 0 bridgehead atoms. The molecule has 7 nitrogen and oxygen atoms in total. The van der Waals surface area contributed by atoms with Crippen molar-refractivity contribution in [3.8, 4) is 30.5 Å². The molecule has 0 saturated carbocycles. The van der Waals surface area contributed by atoms with Crippen LogP contribution in [0, 0.1) is 68.4 Å². The molecule has 0 radical (unpaired) electrons. The largest absolute Gasteiger partial charge is 0.308 e. The van der Waals surface area contributed by atoms with Crippen LogP contribution in [0.3, 0.4) is 0 Å². The van der Waals surface area contributed by atoms with E-state index in [1.807, 2.05) is 12.1 Å². The maximum Gasteiger partial charge on any atom is 0.206 e. The minimum absolute atomic E-state index is 0.0388. The van der Waals surface area contributed by atoms with Crippen molar-refractivity contribution in [1.82, 2.24) is 0 Å². The van der Waals surface area contributed by atoms with Gasteiger partial charge >= 0.3 is 0 Å². The van der Waals surface area contributed by atoms with Crippen LogP contribution in [0.4, 0.5) is 20.2 Å². The number of nitriles is 5. The molecule has 33 heavy (non-hydrogen) atoms. The maximum atomic E-state index is 14.3. The summed E-state index contributed by atoms with van der Waals surface area (Å²) >= 11 is 0. The number of hydrogen-bond donors (Lipinski definition) is 0. The number of benzene rings is 2. The normalized spacial score (nSPS) is 13.1. The molecule has 0 saturated heterocycles. The number of hydrogen-bond acceptors (Lipinski definition) is 7. The zero-order chi connectivity index (χ0) is 24.0. The lowest BCUT2D eigenvalue weighted by Crippen LogP contribution is -2.24. The summed E-state index contributed by atoms with van der Waals surface area (Å²) in [6, 6.07) is 14.0. The third-order valence-electron chi connectivity index (χ3n) is 4.44. The maximum absolute atomic E-state index is 14.3. The summed E-state index contributed by atoms with van der Waals surface area (Å²) in [5, 5.41) is 46.2. The summed E-state index contributed by atoms with van der Waals surface area (Å²) in [5.41, 5.74) is 0.111. The lowest BCUT2D eigenvalue weighted by atomic mass is 9.98. The van der Waals surface area contributed by atoms with Gasteiger partial charge < -0.3 is 4.90 Å². The van der Waals surface area contributed by atoms with E-state index in [2.05, 4.69) is 4.99 Å². The van der Waals surface area contributed by atoms with E-state index >= 15 is 0 Å². The fraction of sp³-hybridized carbons (Fsp3) is 0. The van der Waals surface area contributed by atoms with Crippen LogP contribution in [0.5, 0.6) is 0 Å². The SMILES string of the molecule is N#CN=C1C=CC(=C(C#N)C#N)C=C1N(c1cc(F)cc(C#N)c1)c1cc(F)cc(C#N)c1. The number of aliphatic imine (C=N–C) groups is 1. The monoisotopic (exact) mass is 433 g/mol. The van der Waals surface area contributed by atoms with Crippen molar-refractivity contribution in [2.45, 2.75) is 0 Å². The van der Waals surface area contributed by atoms with E-state index in [0.717, 1.165) is 24.3 Å². The minimum Gasteiger partial charge on any atom is -0.308 e. The summed E-state index contributed by atoms with van der Waals surface area (Å²) in [7, 11) is 0. The van der Waals surface area contributed by atoms with Gasteiger partial charge in [0.05, 0.1) is 46.0 Å². The van der Waals surface area contributed by atoms with Crippen LogP contribution in [0.15, 0.2) is 76.5 Å². The second kappa shape index (κ2) is 9.50. The zero-order valence-electron chi connectivity index (χ0n) is 16.6. The average Bonchev–Trinajstić information content (AvgIpc) is 2.81. The third kappa shape index (κ3) is 4.62. The Morgan fingerprint density at radius 3 is 1.76 bits per heavy atom. The highest BCUT2D eigenvalue weighted by molar-refractivity contribution is 6.14. The first-order valence-corrected chi connectivity index (χ1v) is 9.07. The van der Waals surface area contributed by atoms with Gasteiger partial charge in [0.15, 0.2) is 0 Å². The van der Waals surface area contributed by atoms with E-state index in [-0.39, 0.29) is 45.1 Å². The Bertz CT molecular complexity index is 1410. The summed E-state index contributed by atoms with van der Waals surface area (Å²) < 4.78 is 28.7. The molecule has 0 aromatic heterocycles. The van der Waals surface area contributed by atoms with Crippen LogP contribution >= 0.6 is 0 Å². The van der Waals surface area contributed by atoms with E-state index in [1.165, 1.54) is 35.3 Å². The molecule has 1 aliphatic rings. The Hall–Kier alpha value is -5.56. The molecular weight excluding hydrogens is 424 g/mol. The molecular formula is C24H9F2N7. The summed E-state index contributed by atoms with van der Waals surface area (Å²) in [4.78, 5) is 5.01. The van der Waals surface area contributed by atoms with E-state index in [9.17, 15) is 29.8 Å². The van der Waals surface area contributed by atoms with E-state index in [4.69, 9.17) is 5.26 Å². The van der Waals surface area contributed by atoms with Gasteiger partial charge in [-0.15, -0.1) is 0 Å². The molecule has 1 aliphatic carbocycles. The highest BCUT2D eigenvalue weighted by Gasteiger charge is 2.24. The highest BCUT2D eigenvalue weighted by atomic mass is 19.1. The zero-order valence-corrected chi connectivity index (χ0v) is 16.6. The fourth-order valence-electron chi connectivity index (χ4n) is 3.12. The molecule has 0 amide bonds. The van der Waals surface area contributed by atoms with Gasteiger partial charge in [0.1, 0.15) is 29.3 Å². The van der Waals surface area contributed by atoms with E-state index in [1.54, 1.807) is 18.3 Å². The molecule has 154 valence electrons. The molecule has 0 atom stereocenters. The van der Waals surface area contributed by atoms with Gasteiger partial charge in [-0.05, 0) is 48.6 Å². The van der Waals surface area contributed by atoms with Crippen LogP contribution in [-0.2, 0) is 0 Å². The van der Waals surface area contributed by atoms with Gasteiger partial charge in [-0.1, -0.05) is 6.08 Å². The van der Waals surface area contributed by atoms with Crippen LogP contribution in [0.2, 0.25) is 0 Å². The summed E-state index contributed by atoms with van der Waals surface area (Å²) in [6.07, 6.45) is 5.76. The van der Waals surface area contributed by atoms with Gasteiger partial charge in [0.25, 0.3) is 0 Å². The van der Waals surface area contributed by atoms with Crippen LogP contribution in [0.1, 0.15) is 11.1 Å². The number of allylic oxidation sites excluding steroid dienone is 5. The predicted octanol–water partition coefficient (Wildman–Crippen LogP) is 4.57. The molecule has 9 heteroatoms. The molecule has 0 N–H and O–H groups in total. The molecule has 2 aromatic carbocycles. The van der Waals surface area contributed by atoms with Gasteiger partial charge in [-0.2, -0.15) is 31.3 Å². The Morgan fingerprint density at radius 1 is 0.758 bits per heavy atom. The quantitative estimate of drug-likeness (QED) is 0.514. The van der Waals surface area contributed by atoms with Gasteiger partial charge in [-0.25, -0.2) is 8.78 Å². The molecule has 0 heterocycles. The molecule has 2 aromatic rings. The lowest BCUT2D eigenvalue weighted by Gasteiger charge is -2.29. The first-order valence-electron chi connectivity index (χ1n) is 9.07. The Kier molecular flexibility index (Phi) is 6.37. The number of halogens is 2.